The summed E-state index contributed by atoms with van der Waals surface area (Å²) in [5.74, 6) is -2.48. The topological polar surface area (TPSA) is 131 Å². The van der Waals surface area contributed by atoms with Crippen LogP contribution in [0.25, 0.3) is 0 Å². The molecule has 0 radical (unpaired) electrons. The number of benzene rings is 1. The first kappa shape index (κ1) is 23.8. The number of aromatic nitrogens is 1. The van der Waals surface area contributed by atoms with Crippen molar-refractivity contribution in [1.29, 1.82) is 0 Å². The van der Waals surface area contributed by atoms with E-state index in [4.69, 9.17) is 11.5 Å². The highest BCUT2D eigenvalue weighted by molar-refractivity contribution is 7.10. The van der Waals surface area contributed by atoms with Gasteiger partial charge < -0.3 is 16.8 Å². The van der Waals surface area contributed by atoms with E-state index in [1.54, 1.807) is 23.6 Å². The van der Waals surface area contributed by atoms with Crippen molar-refractivity contribution in [3.8, 4) is 0 Å². The summed E-state index contributed by atoms with van der Waals surface area (Å²) in [6, 6.07) is 7.89. The molecule has 0 aliphatic heterocycles. The lowest BCUT2D eigenvalue weighted by Crippen LogP contribution is -2.47. The molecule has 11 heteroatoms. The van der Waals surface area contributed by atoms with Gasteiger partial charge in [-0.05, 0) is 54.0 Å². The Balaban J connectivity index is 1.79. The van der Waals surface area contributed by atoms with Crippen LogP contribution in [0, 0.1) is 5.82 Å². The van der Waals surface area contributed by atoms with E-state index >= 15 is 0 Å². The molecule has 8 nitrogen and oxygen atoms in total. The van der Waals surface area contributed by atoms with Crippen LogP contribution in [0.1, 0.15) is 63.2 Å². The Kier molecular flexibility index (Phi) is 7.23. The van der Waals surface area contributed by atoms with Crippen LogP contribution in [0.3, 0.4) is 0 Å². The molecule has 178 valence electrons. The molecular formula is C23H24FN5O3S2. The number of hydrogen-bond donors (Lipinski definition) is 3. The van der Waals surface area contributed by atoms with Crippen LogP contribution in [-0.2, 0) is 4.79 Å². The van der Waals surface area contributed by atoms with Gasteiger partial charge in [-0.2, -0.15) is 4.37 Å². The molecule has 1 atom stereocenters. The number of nitrogens with one attached hydrogen (secondary N) is 1. The zero-order valence-electron chi connectivity index (χ0n) is 18.2. The average molecular weight is 502 g/mol. The molecule has 1 aliphatic carbocycles. The van der Waals surface area contributed by atoms with Crippen molar-refractivity contribution < 1.29 is 18.8 Å². The van der Waals surface area contributed by atoms with E-state index in [-0.39, 0.29) is 33.9 Å². The molecule has 1 aliphatic rings. The SMILES string of the molecule is NC(=O)c1nsc(C(=O)N(c2cccc(F)c2)[C@H](C(=O)NC2CCCCC2)c2cccs2)c1N. The first-order valence-electron chi connectivity index (χ1n) is 10.8. The number of nitrogens with two attached hydrogens (primary N) is 2. The first-order valence-corrected chi connectivity index (χ1v) is 12.5. The maximum atomic E-state index is 14.2. The van der Waals surface area contributed by atoms with Gasteiger partial charge in [0, 0.05) is 16.6 Å². The quantitative estimate of drug-likeness (QED) is 0.452. The Hall–Kier alpha value is -3.31. The maximum absolute atomic E-state index is 14.2. The summed E-state index contributed by atoms with van der Waals surface area (Å²) in [4.78, 5) is 40.8. The number of halogens is 1. The van der Waals surface area contributed by atoms with Crippen LogP contribution in [0.5, 0.6) is 0 Å². The van der Waals surface area contributed by atoms with Crippen LogP contribution in [0.4, 0.5) is 15.8 Å². The molecule has 2 heterocycles. The molecule has 4 rings (SSSR count). The minimum absolute atomic E-state index is 0.00288. The third kappa shape index (κ3) is 4.95. The number of carbonyl (C=O) groups excluding carboxylic acids is 3. The van der Waals surface area contributed by atoms with Crippen molar-refractivity contribution in [3.63, 3.8) is 0 Å². The van der Waals surface area contributed by atoms with Gasteiger partial charge in [0.05, 0.1) is 5.69 Å². The van der Waals surface area contributed by atoms with E-state index < -0.39 is 23.7 Å². The summed E-state index contributed by atoms with van der Waals surface area (Å²) >= 11 is 2.02. The van der Waals surface area contributed by atoms with Gasteiger partial charge in [-0.25, -0.2) is 4.39 Å². The molecule has 0 spiro atoms. The third-order valence-electron chi connectivity index (χ3n) is 5.73. The number of carbonyl (C=O) groups is 3. The van der Waals surface area contributed by atoms with Crippen LogP contribution in [0.2, 0.25) is 0 Å². The second-order valence-corrected chi connectivity index (χ2v) is 9.81. The number of nitrogens with zero attached hydrogens (tertiary/aromatic N) is 2. The standard InChI is InChI=1S/C23H24FN5O3S2/c24-13-6-4-9-15(12-13)29(23(32)20-17(25)18(21(26)30)28-34-20)19(16-10-5-11-33-16)22(31)27-14-7-2-1-3-8-14/h4-6,9-12,14,19H,1-3,7-8,25H2,(H2,26,30)(H,27,31)/t19-/m0/s1. The second-order valence-electron chi connectivity index (χ2n) is 8.05. The molecule has 3 aromatic rings. The van der Waals surface area contributed by atoms with E-state index in [2.05, 4.69) is 9.69 Å². The van der Waals surface area contributed by atoms with Gasteiger partial charge in [-0.3, -0.25) is 19.3 Å². The van der Waals surface area contributed by atoms with Crippen LogP contribution in [-0.4, -0.2) is 28.1 Å². The highest BCUT2D eigenvalue weighted by Gasteiger charge is 2.37. The van der Waals surface area contributed by atoms with Crippen molar-refractivity contribution in [2.75, 3.05) is 10.6 Å². The minimum Gasteiger partial charge on any atom is -0.395 e. The summed E-state index contributed by atoms with van der Waals surface area (Å²) in [5.41, 5.74) is 11.1. The minimum atomic E-state index is -1.07. The van der Waals surface area contributed by atoms with Crippen LogP contribution >= 0.6 is 22.9 Å². The molecule has 34 heavy (non-hydrogen) atoms. The number of nitrogen functional groups attached to an aromatic ring is 1. The van der Waals surface area contributed by atoms with E-state index in [1.165, 1.54) is 34.4 Å². The number of hydrogen-bond acceptors (Lipinski definition) is 7. The Morgan fingerprint density at radius 2 is 1.91 bits per heavy atom. The summed E-state index contributed by atoms with van der Waals surface area (Å²) < 4.78 is 18.1. The highest BCUT2D eigenvalue weighted by atomic mass is 32.1. The summed E-state index contributed by atoms with van der Waals surface area (Å²) in [7, 11) is 0. The molecule has 1 saturated carbocycles. The smallest absolute Gasteiger partial charge is 0.273 e. The predicted octanol–water partition coefficient (Wildman–Crippen LogP) is 3.86. The molecule has 5 N–H and O–H groups in total. The molecule has 1 aromatic carbocycles. The summed E-state index contributed by atoms with van der Waals surface area (Å²) in [6.45, 7) is 0. The fourth-order valence-electron chi connectivity index (χ4n) is 4.10. The number of primary amides is 1. The van der Waals surface area contributed by atoms with Crippen molar-refractivity contribution in [3.05, 3.63) is 63.0 Å². The van der Waals surface area contributed by atoms with Gasteiger partial charge in [0.1, 0.15) is 10.7 Å². The highest BCUT2D eigenvalue weighted by Crippen LogP contribution is 2.35. The van der Waals surface area contributed by atoms with Crippen molar-refractivity contribution in [2.24, 2.45) is 5.73 Å². The van der Waals surface area contributed by atoms with Gasteiger partial charge in [0.2, 0.25) is 5.91 Å². The molecule has 2 aromatic heterocycles. The average Bonchev–Trinajstić information content (AvgIpc) is 3.47. The van der Waals surface area contributed by atoms with Gasteiger partial charge in [-0.15, -0.1) is 11.3 Å². The Bertz CT molecular complexity index is 1190. The van der Waals surface area contributed by atoms with Crippen molar-refractivity contribution in [2.45, 2.75) is 44.2 Å². The lowest BCUT2D eigenvalue weighted by Gasteiger charge is -2.32. The normalized spacial score (nSPS) is 15.0. The van der Waals surface area contributed by atoms with Gasteiger partial charge in [-0.1, -0.05) is 31.4 Å². The van der Waals surface area contributed by atoms with Crippen molar-refractivity contribution >= 4 is 52.0 Å². The third-order valence-corrected chi connectivity index (χ3v) is 7.51. The summed E-state index contributed by atoms with van der Waals surface area (Å²) in [6.07, 6.45) is 4.89. The first-order chi connectivity index (χ1) is 16.4. The van der Waals surface area contributed by atoms with E-state index in [9.17, 15) is 18.8 Å². The number of amides is 3. The Morgan fingerprint density at radius 3 is 2.53 bits per heavy atom. The molecular weight excluding hydrogens is 477 g/mol. The van der Waals surface area contributed by atoms with Crippen LogP contribution in [0.15, 0.2) is 41.8 Å². The van der Waals surface area contributed by atoms with Gasteiger partial charge in [0.25, 0.3) is 11.8 Å². The number of anilines is 2. The summed E-state index contributed by atoms with van der Waals surface area (Å²) in [5, 5.41) is 4.88. The zero-order valence-corrected chi connectivity index (χ0v) is 19.8. The molecule has 1 fully saturated rings. The van der Waals surface area contributed by atoms with E-state index in [0.29, 0.717) is 16.4 Å². The predicted molar refractivity (Wildman–Crippen MR) is 130 cm³/mol. The lowest BCUT2D eigenvalue weighted by atomic mass is 9.95. The monoisotopic (exact) mass is 501 g/mol. The van der Waals surface area contributed by atoms with Crippen molar-refractivity contribution in [1.82, 2.24) is 9.69 Å². The fraction of sp³-hybridized carbons (Fsp3) is 0.304. The molecule has 0 bridgehead atoms. The Labute approximate surface area is 203 Å². The molecule has 0 unspecified atom stereocenters. The van der Waals surface area contributed by atoms with Gasteiger partial charge >= 0.3 is 0 Å². The molecule has 3 amide bonds. The lowest BCUT2D eigenvalue weighted by molar-refractivity contribution is -0.123. The number of thiophene rings is 1. The second kappa shape index (κ2) is 10.3. The van der Waals surface area contributed by atoms with E-state index in [0.717, 1.165) is 32.1 Å². The maximum Gasteiger partial charge on any atom is 0.273 e. The largest absolute Gasteiger partial charge is 0.395 e. The zero-order chi connectivity index (χ0) is 24.2. The van der Waals surface area contributed by atoms with E-state index in [1.807, 2.05) is 0 Å². The molecule has 0 saturated heterocycles. The fourth-order valence-corrected chi connectivity index (χ4v) is 5.65. The number of rotatable bonds is 7. The Morgan fingerprint density at radius 1 is 1.15 bits per heavy atom. The van der Waals surface area contributed by atoms with Gasteiger partial charge in [0.15, 0.2) is 11.7 Å². The van der Waals surface area contributed by atoms with Crippen LogP contribution < -0.4 is 21.7 Å².